The summed E-state index contributed by atoms with van der Waals surface area (Å²) >= 11 is 0. The Morgan fingerprint density at radius 3 is 2.69 bits per heavy atom. The number of hydrogen-bond acceptors (Lipinski definition) is 2. The summed E-state index contributed by atoms with van der Waals surface area (Å²) in [4.78, 5) is 14.5. The predicted octanol–water partition coefficient (Wildman–Crippen LogP) is 1.63. The molecular formula is C13H24N2O. The van der Waals surface area contributed by atoms with E-state index >= 15 is 0 Å². The van der Waals surface area contributed by atoms with Gasteiger partial charge in [-0.15, -0.1) is 0 Å². The van der Waals surface area contributed by atoms with Crippen molar-refractivity contribution in [2.24, 2.45) is 11.8 Å². The van der Waals surface area contributed by atoms with Gasteiger partial charge >= 0.3 is 0 Å². The number of hydrogen-bond donors (Lipinski definition) is 1. The zero-order valence-electron chi connectivity index (χ0n) is 10.5. The Balaban J connectivity index is 1.93. The number of amides is 1. The van der Waals surface area contributed by atoms with Crippen LogP contribution in [0, 0.1) is 11.8 Å². The molecule has 2 aliphatic heterocycles. The Bertz CT molecular complexity index is 254. The largest absolute Gasteiger partial charge is 0.342 e. The van der Waals surface area contributed by atoms with Crippen LogP contribution in [0.1, 0.15) is 39.5 Å². The number of carbonyl (C=O) groups excluding carboxylic acids is 1. The van der Waals surface area contributed by atoms with Crippen molar-refractivity contribution in [3.63, 3.8) is 0 Å². The lowest BCUT2D eigenvalue weighted by Crippen LogP contribution is -2.40. The highest BCUT2D eigenvalue weighted by molar-refractivity contribution is 5.80. The van der Waals surface area contributed by atoms with Crippen LogP contribution in [0.15, 0.2) is 0 Å². The first kappa shape index (κ1) is 11.9. The third kappa shape index (κ3) is 2.57. The summed E-state index contributed by atoms with van der Waals surface area (Å²) < 4.78 is 0. The monoisotopic (exact) mass is 224 g/mol. The number of nitrogens with zero attached hydrogens (tertiary/aromatic N) is 1. The smallest absolute Gasteiger partial charge is 0.227 e. The first-order valence-electron chi connectivity index (χ1n) is 6.70. The molecule has 3 atom stereocenters. The third-order valence-electron chi connectivity index (χ3n) is 4.17. The van der Waals surface area contributed by atoms with Crippen LogP contribution >= 0.6 is 0 Å². The molecule has 2 aliphatic rings. The van der Waals surface area contributed by atoms with Gasteiger partial charge in [-0.05, 0) is 45.1 Å². The number of rotatable bonds is 1. The average Bonchev–Trinajstić information content (AvgIpc) is 2.56. The maximum Gasteiger partial charge on any atom is 0.227 e. The summed E-state index contributed by atoms with van der Waals surface area (Å²) in [5.41, 5.74) is 0. The quantitative estimate of drug-likeness (QED) is 0.734. The summed E-state index contributed by atoms with van der Waals surface area (Å²) in [6.45, 7) is 7.39. The van der Waals surface area contributed by atoms with E-state index in [-0.39, 0.29) is 5.92 Å². The van der Waals surface area contributed by atoms with Crippen molar-refractivity contribution in [3.8, 4) is 0 Å². The Kier molecular flexibility index (Phi) is 3.85. The van der Waals surface area contributed by atoms with Crippen molar-refractivity contribution in [1.29, 1.82) is 0 Å². The van der Waals surface area contributed by atoms with Crippen LogP contribution in [0.2, 0.25) is 0 Å². The first-order chi connectivity index (χ1) is 7.68. The lowest BCUT2D eigenvalue weighted by molar-refractivity contribution is -0.135. The van der Waals surface area contributed by atoms with E-state index in [1.54, 1.807) is 0 Å². The fourth-order valence-corrected chi connectivity index (χ4v) is 2.91. The van der Waals surface area contributed by atoms with Gasteiger partial charge in [0.15, 0.2) is 0 Å². The summed E-state index contributed by atoms with van der Waals surface area (Å²) in [5, 5.41) is 3.37. The average molecular weight is 224 g/mol. The molecule has 1 N–H and O–H groups in total. The van der Waals surface area contributed by atoms with Gasteiger partial charge < -0.3 is 10.2 Å². The van der Waals surface area contributed by atoms with Gasteiger partial charge in [-0.1, -0.05) is 6.92 Å². The second-order valence-corrected chi connectivity index (χ2v) is 5.50. The summed E-state index contributed by atoms with van der Waals surface area (Å²) in [6.07, 6.45) is 4.66. The molecule has 0 aromatic carbocycles. The lowest BCUT2D eigenvalue weighted by atomic mass is 10.00. The van der Waals surface area contributed by atoms with Crippen LogP contribution in [0.3, 0.4) is 0 Å². The molecule has 3 nitrogen and oxygen atoms in total. The number of carbonyl (C=O) groups is 1. The lowest BCUT2D eigenvalue weighted by Gasteiger charge is -2.25. The highest BCUT2D eigenvalue weighted by Crippen LogP contribution is 2.22. The van der Waals surface area contributed by atoms with E-state index in [0.29, 0.717) is 11.9 Å². The molecule has 0 aromatic heterocycles. The summed E-state index contributed by atoms with van der Waals surface area (Å²) in [6, 6.07) is 0.369. The van der Waals surface area contributed by atoms with E-state index in [9.17, 15) is 4.79 Å². The minimum Gasteiger partial charge on any atom is -0.342 e. The topological polar surface area (TPSA) is 32.3 Å². The maximum absolute atomic E-state index is 12.4. The van der Waals surface area contributed by atoms with Gasteiger partial charge in [-0.2, -0.15) is 0 Å². The number of likely N-dealkylation sites (tertiary alicyclic amines) is 1. The first-order valence-corrected chi connectivity index (χ1v) is 6.70. The van der Waals surface area contributed by atoms with Gasteiger partial charge in [0.25, 0.3) is 0 Å². The van der Waals surface area contributed by atoms with Crippen LogP contribution in [-0.4, -0.2) is 36.5 Å². The van der Waals surface area contributed by atoms with E-state index in [1.165, 1.54) is 19.3 Å². The molecule has 0 aliphatic carbocycles. The minimum absolute atomic E-state index is 0.230. The van der Waals surface area contributed by atoms with E-state index in [2.05, 4.69) is 24.1 Å². The number of nitrogens with one attached hydrogen (secondary N) is 1. The van der Waals surface area contributed by atoms with Crippen LogP contribution in [0.4, 0.5) is 0 Å². The molecule has 2 heterocycles. The predicted molar refractivity (Wildman–Crippen MR) is 65.2 cm³/mol. The molecule has 3 unspecified atom stereocenters. The molecule has 0 spiro atoms. The van der Waals surface area contributed by atoms with Gasteiger partial charge in [0.2, 0.25) is 5.91 Å². The van der Waals surface area contributed by atoms with Crippen LogP contribution < -0.4 is 5.32 Å². The molecule has 2 saturated heterocycles. The second kappa shape index (κ2) is 5.17. The zero-order chi connectivity index (χ0) is 11.5. The van der Waals surface area contributed by atoms with E-state index in [1.807, 2.05) is 0 Å². The normalized spacial score (nSPS) is 36.1. The van der Waals surface area contributed by atoms with Gasteiger partial charge in [0.1, 0.15) is 0 Å². The van der Waals surface area contributed by atoms with Gasteiger partial charge in [0, 0.05) is 19.1 Å². The van der Waals surface area contributed by atoms with Gasteiger partial charge in [0.05, 0.1) is 5.92 Å². The minimum atomic E-state index is 0.230. The van der Waals surface area contributed by atoms with Crippen molar-refractivity contribution < 1.29 is 4.79 Å². The molecule has 0 saturated carbocycles. The molecule has 92 valence electrons. The SMILES string of the molecule is CC1CCCN(C(=O)C2CCNC2C)CC1. The molecule has 0 radical (unpaired) electrons. The summed E-state index contributed by atoms with van der Waals surface area (Å²) in [5.74, 6) is 1.41. The molecule has 1 amide bonds. The molecule has 2 fully saturated rings. The molecule has 16 heavy (non-hydrogen) atoms. The highest BCUT2D eigenvalue weighted by Gasteiger charge is 2.32. The van der Waals surface area contributed by atoms with E-state index in [4.69, 9.17) is 0 Å². The van der Waals surface area contributed by atoms with Crippen LogP contribution in [0.5, 0.6) is 0 Å². The Morgan fingerprint density at radius 2 is 2.00 bits per heavy atom. The molecule has 3 heteroatoms. The van der Waals surface area contributed by atoms with Crippen LogP contribution in [0.25, 0.3) is 0 Å². The Morgan fingerprint density at radius 1 is 1.19 bits per heavy atom. The van der Waals surface area contributed by atoms with Crippen molar-refractivity contribution in [1.82, 2.24) is 10.2 Å². The van der Waals surface area contributed by atoms with Crippen molar-refractivity contribution >= 4 is 5.91 Å². The fourth-order valence-electron chi connectivity index (χ4n) is 2.91. The van der Waals surface area contributed by atoms with Crippen molar-refractivity contribution in [2.75, 3.05) is 19.6 Å². The van der Waals surface area contributed by atoms with Crippen molar-refractivity contribution in [2.45, 2.75) is 45.6 Å². The molecular weight excluding hydrogens is 200 g/mol. The Labute approximate surface area is 98.6 Å². The summed E-state index contributed by atoms with van der Waals surface area (Å²) in [7, 11) is 0. The maximum atomic E-state index is 12.4. The van der Waals surface area contributed by atoms with Gasteiger partial charge in [-0.3, -0.25) is 4.79 Å². The van der Waals surface area contributed by atoms with Gasteiger partial charge in [-0.25, -0.2) is 0 Å². The molecule has 0 aromatic rings. The fraction of sp³-hybridized carbons (Fsp3) is 0.923. The van der Waals surface area contributed by atoms with Crippen LogP contribution in [-0.2, 0) is 4.79 Å². The highest BCUT2D eigenvalue weighted by atomic mass is 16.2. The zero-order valence-corrected chi connectivity index (χ0v) is 10.5. The van der Waals surface area contributed by atoms with E-state index in [0.717, 1.165) is 32.0 Å². The molecule has 0 bridgehead atoms. The standard InChI is InChI=1S/C13H24N2O/c1-10-4-3-8-15(9-6-10)13(16)12-5-7-14-11(12)2/h10-12,14H,3-9H2,1-2H3. The van der Waals surface area contributed by atoms with Crippen molar-refractivity contribution in [3.05, 3.63) is 0 Å². The second-order valence-electron chi connectivity index (χ2n) is 5.50. The Hall–Kier alpha value is -0.570. The van der Waals surface area contributed by atoms with E-state index < -0.39 is 0 Å². The third-order valence-corrected chi connectivity index (χ3v) is 4.17. The molecule has 2 rings (SSSR count).